The van der Waals surface area contributed by atoms with Gasteiger partial charge < -0.3 is 20.1 Å². The number of nitrogens with zero attached hydrogens (tertiary/aromatic N) is 1. The van der Waals surface area contributed by atoms with Gasteiger partial charge in [-0.25, -0.2) is 0 Å². The Bertz CT molecular complexity index is 256. The predicted molar refractivity (Wildman–Crippen MR) is 62.9 cm³/mol. The number of ether oxygens (including phenoxy) is 2. The van der Waals surface area contributed by atoms with Crippen molar-refractivity contribution < 1.29 is 14.3 Å². The van der Waals surface area contributed by atoms with Gasteiger partial charge in [-0.3, -0.25) is 9.69 Å². The Morgan fingerprint density at radius 1 is 1.53 bits per heavy atom. The zero-order valence-corrected chi connectivity index (χ0v) is 10.3. The fourth-order valence-corrected chi connectivity index (χ4v) is 2.26. The molecule has 2 saturated heterocycles. The molecule has 0 saturated carbocycles. The topological polar surface area (TPSA) is 62.8 Å². The minimum atomic E-state index is -0.181. The van der Waals surface area contributed by atoms with Gasteiger partial charge in [0.2, 0.25) is 5.91 Å². The first-order valence-corrected chi connectivity index (χ1v) is 6.17. The lowest BCUT2D eigenvalue weighted by atomic mass is 10.1. The highest BCUT2D eigenvalue weighted by Gasteiger charge is 2.30. The zero-order chi connectivity index (χ0) is 12.1. The molecule has 17 heavy (non-hydrogen) atoms. The van der Waals surface area contributed by atoms with Gasteiger partial charge in [0.05, 0.1) is 25.9 Å². The second kappa shape index (κ2) is 6.30. The first-order valence-electron chi connectivity index (χ1n) is 6.17. The first-order chi connectivity index (χ1) is 8.31. The van der Waals surface area contributed by atoms with Gasteiger partial charge in [-0.05, 0) is 0 Å². The van der Waals surface area contributed by atoms with Gasteiger partial charge in [0.1, 0.15) is 6.04 Å². The maximum atomic E-state index is 11.7. The lowest BCUT2D eigenvalue weighted by Crippen LogP contribution is -2.57. The van der Waals surface area contributed by atoms with E-state index in [9.17, 15) is 4.79 Å². The number of carbonyl (C=O) groups excluding carboxylic acids is 1. The Morgan fingerprint density at radius 3 is 3.12 bits per heavy atom. The average Bonchev–Trinajstić information content (AvgIpc) is 2.40. The Hall–Kier alpha value is -0.690. The third-order valence-corrected chi connectivity index (χ3v) is 3.23. The van der Waals surface area contributed by atoms with Crippen LogP contribution in [0.1, 0.15) is 0 Å². The van der Waals surface area contributed by atoms with Crippen molar-refractivity contribution in [3.63, 3.8) is 0 Å². The highest BCUT2D eigenvalue weighted by atomic mass is 16.5. The summed E-state index contributed by atoms with van der Waals surface area (Å²) in [6, 6.07) is -0.181. The molecule has 0 spiro atoms. The van der Waals surface area contributed by atoms with Crippen LogP contribution in [0.3, 0.4) is 0 Å². The number of nitrogens with one attached hydrogen (secondary N) is 2. The molecule has 2 atom stereocenters. The molecule has 2 unspecified atom stereocenters. The molecule has 2 aliphatic rings. The molecule has 6 heteroatoms. The second-order valence-corrected chi connectivity index (χ2v) is 4.40. The third kappa shape index (κ3) is 3.38. The van der Waals surface area contributed by atoms with Crippen LogP contribution in [0, 0.1) is 0 Å². The van der Waals surface area contributed by atoms with Crippen LogP contribution >= 0.6 is 0 Å². The summed E-state index contributed by atoms with van der Waals surface area (Å²) in [5.41, 5.74) is 0. The van der Waals surface area contributed by atoms with Crippen LogP contribution < -0.4 is 10.6 Å². The maximum absolute atomic E-state index is 11.7. The first kappa shape index (κ1) is 12.8. The van der Waals surface area contributed by atoms with Crippen molar-refractivity contribution in [2.45, 2.75) is 12.1 Å². The van der Waals surface area contributed by atoms with Crippen LogP contribution in [0.25, 0.3) is 0 Å². The molecular formula is C11H21N3O3. The van der Waals surface area contributed by atoms with Crippen LogP contribution in [0.5, 0.6) is 0 Å². The van der Waals surface area contributed by atoms with E-state index in [2.05, 4.69) is 15.5 Å². The smallest absolute Gasteiger partial charge is 0.239 e. The lowest BCUT2D eigenvalue weighted by Gasteiger charge is -2.37. The fraction of sp³-hybridized carbons (Fsp3) is 0.909. The van der Waals surface area contributed by atoms with Crippen LogP contribution in [0.2, 0.25) is 0 Å². The summed E-state index contributed by atoms with van der Waals surface area (Å²) in [4.78, 5) is 13.9. The summed E-state index contributed by atoms with van der Waals surface area (Å²) in [7, 11) is 1.66. The minimum Gasteiger partial charge on any atom is -0.378 e. The van der Waals surface area contributed by atoms with Crippen molar-refractivity contribution in [1.82, 2.24) is 15.5 Å². The van der Waals surface area contributed by atoms with Gasteiger partial charge in [0.15, 0.2) is 0 Å². The van der Waals surface area contributed by atoms with E-state index in [4.69, 9.17) is 9.47 Å². The summed E-state index contributed by atoms with van der Waals surface area (Å²) in [5.74, 6) is 0.0217. The normalized spacial score (nSPS) is 31.1. The molecule has 2 rings (SSSR count). The number of carbonyl (C=O) groups is 1. The summed E-state index contributed by atoms with van der Waals surface area (Å²) in [6.45, 7) is 5.26. The van der Waals surface area contributed by atoms with Crippen molar-refractivity contribution in [3.8, 4) is 0 Å². The molecule has 0 aromatic heterocycles. The van der Waals surface area contributed by atoms with Crippen molar-refractivity contribution in [3.05, 3.63) is 0 Å². The SMILES string of the molecule is CNC(=O)C1COCCN1CC1CNCCO1. The van der Waals surface area contributed by atoms with E-state index in [-0.39, 0.29) is 18.1 Å². The van der Waals surface area contributed by atoms with Crippen molar-refractivity contribution >= 4 is 5.91 Å². The molecule has 0 bridgehead atoms. The van der Waals surface area contributed by atoms with Gasteiger partial charge in [-0.1, -0.05) is 0 Å². The monoisotopic (exact) mass is 243 g/mol. The van der Waals surface area contributed by atoms with Crippen LogP contribution in [0.15, 0.2) is 0 Å². The summed E-state index contributed by atoms with van der Waals surface area (Å²) in [6.07, 6.45) is 0.175. The van der Waals surface area contributed by atoms with Crippen LogP contribution in [-0.4, -0.2) is 76.0 Å². The van der Waals surface area contributed by atoms with Gasteiger partial charge in [0.25, 0.3) is 0 Å². The van der Waals surface area contributed by atoms with Gasteiger partial charge in [-0.2, -0.15) is 0 Å². The van der Waals surface area contributed by atoms with E-state index < -0.39 is 0 Å². The molecule has 0 aromatic rings. The largest absolute Gasteiger partial charge is 0.378 e. The van der Waals surface area contributed by atoms with Crippen LogP contribution in [0.4, 0.5) is 0 Å². The van der Waals surface area contributed by atoms with E-state index in [1.807, 2.05) is 0 Å². The second-order valence-electron chi connectivity index (χ2n) is 4.40. The predicted octanol–water partition coefficient (Wildman–Crippen LogP) is -1.58. The molecule has 2 aliphatic heterocycles. The quantitative estimate of drug-likeness (QED) is 0.626. The Morgan fingerprint density at radius 2 is 2.41 bits per heavy atom. The summed E-state index contributed by atoms with van der Waals surface area (Å²) in [5, 5.41) is 5.98. The molecule has 2 fully saturated rings. The molecule has 2 heterocycles. The minimum absolute atomic E-state index is 0.0217. The van der Waals surface area contributed by atoms with Crippen molar-refractivity contribution in [2.75, 3.05) is 53.0 Å². The maximum Gasteiger partial charge on any atom is 0.239 e. The van der Waals surface area contributed by atoms with Crippen molar-refractivity contribution in [2.24, 2.45) is 0 Å². The summed E-state index contributed by atoms with van der Waals surface area (Å²) >= 11 is 0. The van der Waals surface area contributed by atoms with E-state index in [0.29, 0.717) is 13.2 Å². The molecule has 6 nitrogen and oxygen atoms in total. The van der Waals surface area contributed by atoms with Gasteiger partial charge in [-0.15, -0.1) is 0 Å². The van der Waals surface area contributed by atoms with Crippen molar-refractivity contribution in [1.29, 1.82) is 0 Å². The van der Waals surface area contributed by atoms with Gasteiger partial charge >= 0.3 is 0 Å². The molecule has 0 aliphatic carbocycles. The highest BCUT2D eigenvalue weighted by Crippen LogP contribution is 2.10. The van der Waals surface area contributed by atoms with Gasteiger partial charge in [0, 0.05) is 33.2 Å². The number of hydrogen-bond acceptors (Lipinski definition) is 5. The number of rotatable bonds is 3. The van der Waals surface area contributed by atoms with E-state index in [0.717, 1.165) is 32.8 Å². The number of morpholine rings is 2. The zero-order valence-electron chi connectivity index (χ0n) is 10.3. The Balaban J connectivity index is 1.88. The molecule has 2 N–H and O–H groups in total. The molecule has 0 aromatic carbocycles. The molecular weight excluding hydrogens is 222 g/mol. The Kier molecular flexibility index (Phi) is 4.73. The van der Waals surface area contributed by atoms with Crippen LogP contribution in [-0.2, 0) is 14.3 Å². The number of amides is 1. The lowest BCUT2D eigenvalue weighted by molar-refractivity contribution is -0.133. The van der Waals surface area contributed by atoms with E-state index in [1.165, 1.54) is 0 Å². The molecule has 98 valence electrons. The average molecular weight is 243 g/mol. The molecule has 0 radical (unpaired) electrons. The fourth-order valence-electron chi connectivity index (χ4n) is 2.26. The van der Waals surface area contributed by atoms with E-state index >= 15 is 0 Å². The van der Waals surface area contributed by atoms with E-state index in [1.54, 1.807) is 7.05 Å². The third-order valence-electron chi connectivity index (χ3n) is 3.23. The number of likely N-dealkylation sites (N-methyl/N-ethyl adjacent to an activating group) is 1. The highest BCUT2D eigenvalue weighted by molar-refractivity contribution is 5.81. The molecule has 1 amide bonds. The standard InChI is InChI=1S/C11H21N3O3/c1-12-11(15)10-8-16-5-3-14(10)7-9-6-13-2-4-17-9/h9-10,13H,2-8H2,1H3,(H,12,15). The Labute approximate surface area is 102 Å². The summed E-state index contributed by atoms with van der Waals surface area (Å²) < 4.78 is 11.0. The number of hydrogen-bond donors (Lipinski definition) is 2.